The highest BCUT2D eigenvalue weighted by Gasteiger charge is 2.15. The molecule has 0 spiro atoms. The first-order valence-corrected chi connectivity index (χ1v) is 8.57. The third-order valence-corrected chi connectivity index (χ3v) is 4.48. The van der Waals surface area contributed by atoms with E-state index < -0.39 is 0 Å². The molecule has 0 saturated heterocycles. The normalized spacial score (nSPS) is 15.9. The van der Waals surface area contributed by atoms with E-state index in [1.165, 1.54) is 11.1 Å². The second kappa shape index (κ2) is 7.51. The molecule has 3 rings (SSSR count). The number of rotatable bonds is 6. The Kier molecular flexibility index (Phi) is 5.19. The van der Waals surface area contributed by atoms with Crippen LogP contribution in [-0.4, -0.2) is 19.2 Å². The quantitative estimate of drug-likeness (QED) is 0.840. The summed E-state index contributed by atoms with van der Waals surface area (Å²) >= 11 is 0. The van der Waals surface area contributed by atoms with E-state index in [-0.39, 0.29) is 0 Å². The Bertz CT molecular complexity index is 627. The minimum absolute atomic E-state index is 0.361. The first-order chi connectivity index (χ1) is 11.3. The molecule has 2 aromatic carbocycles. The standard InChI is InChI=1S/C20H26N2O/c1-3-18(22-15(2)17-7-5-4-6-8-17)13-16-9-10-20-19(14-16)21-11-12-23-20/h4-10,14-15,18,21-22H,3,11-13H2,1-2H3. The summed E-state index contributed by atoms with van der Waals surface area (Å²) in [5.74, 6) is 0.971. The number of hydrogen-bond donors (Lipinski definition) is 2. The fourth-order valence-electron chi connectivity index (χ4n) is 3.11. The first-order valence-electron chi connectivity index (χ1n) is 8.57. The van der Waals surface area contributed by atoms with Gasteiger partial charge in [-0.15, -0.1) is 0 Å². The lowest BCUT2D eigenvalue weighted by Crippen LogP contribution is -2.33. The number of benzene rings is 2. The van der Waals surface area contributed by atoms with E-state index in [1.54, 1.807) is 0 Å². The number of hydrogen-bond acceptors (Lipinski definition) is 3. The van der Waals surface area contributed by atoms with Crippen molar-refractivity contribution in [3.63, 3.8) is 0 Å². The van der Waals surface area contributed by atoms with Crippen LogP contribution in [0.5, 0.6) is 5.75 Å². The van der Waals surface area contributed by atoms with Crippen LogP contribution in [0.1, 0.15) is 37.4 Å². The molecule has 2 unspecified atom stereocenters. The average molecular weight is 310 g/mol. The van der Waals surface area contributed by atoms with Gasteiger partial charge in [-0.3, -0.25) is 0 Å². The molecule has 0 amide bonds. The van der Waals surface area contributed by atoms with E-state index in [9.17, 15) is 0 Å². The van der Waals surface area contributed by atoms with Gasteiger partial charge in [0.25, 0.3) is 0 Å². The molecule has 1 aliphatic heterocycles. The van der Waals surface area contributed by atoms with Gasteiger partial charge in [-0.1, -0.05) is 43.3 Å². The van der Waals surface area contributed by atoms with Crippen LogP contribution in [0.2, 0.25) is 0 Å². The van der Waals surface area contributed by atoms with Crippen LogP contribution in [0.3, 0.4) is 0 Å². The van der Waals surface area contributed by atoms with Crippen LogP contribution in [0.15, 0.2) is 48.5 Å². The van der Waals surface area contributed by atoms with Crippen molar-refractivity contribution in [3.05, 3.63) is 59.7 Å². The summed E-state index contributed by atoms with van der Waals surface area (Å²) in [7, 11) is 0. The molecule has 0 aromatic heterocycles. The maximum atomic E-state index is 5.65. The highest BCUT2D eigenvalue weighted by atomic mass is 16.5. The number of fused-ring (bicyclic) bond motifs is 1. The Morgan fingerprint density at radius 1 is 1.17 bits per heavy atom. The highest BCUT2D eigenvalue weighted by molar-refractivity contribution is 5.59. The third kappa shape index (κ3) is 4.05. The number of nitrogens with one attached hydrogen (secondary N) is 2. The molecular formula is C20H26N2O. The summed E-state index contributed by atoms with van der Waals surface area (Å²) in [5.41, 5.74) is 3.81. The molecule has 2 N–H and O–H groups in total. The summed E-state index contributed by atoms with van der Waals surface area (Å²) in [5, 5.41) is 7.18. The SMILES string of the molecule is CCC(Cc1ccc2c(c1)NCCO2)NC(C)c1ccccc1. The maximum Gasteiger partial charge on any atom is 0.142 e. The second-order valence-electron chi connectivity index (χ2n) is 6.21. The van der Waals surface area contributed by atoms with Crippen molar-refractivity contribution in [2.45, 2.75) is 38.8 Å². The first kappa shape index (κ1) is 15.9. The molecule has 1 aliphatic rings. The van der Waals surface area contributed by atoms with E-state index in [2.05, 4.69) is 73.0 Å². The van der Waals surface area contributed by atoms with Gasteiger partial charge in [0.2, 0.25) is 0 Å². The van der Waals surface area contributed by atoms with Gasteiger partial charge < -0.3 is 15.4 Å². The predicted octanol–water partition coefficient (Wildman–Crippen LogP) is 4.16. The van der Waals surface area contributed by atoms with Crippen molar-refractivity contribution in [1.82, 2.24) is 5.32 Å². The van der Waals surface area contributed by atoms with E-state index in [0.29, 0.717) is 12.1 Å². The Labute approximate surface area is 139 Å². The van der Waals surface area contributed by atoms with Crippen molar-refractivity contribution in [2.24, 2.45) is 0 Å². The van der Waals surface area contributed by atoms with Crippen LogP contribution in [0, 0.1) is 0 Å². The molecule has 23 heavy (non-hydrogen) atoms. The average Bonchev–Trinajstić information content (AvgIpc) is 2.61. The van der Waals surface area contributed by atoms with Gasteiger partial charge in [-0.25, -0.2) is 0 Å². The molecule has 1 heterocycles. The number of anilines is 1. The van der Waals surface area contributed by atoms with Crippen molar-refractivity contribution in [2.75, 3.05) is 18.5 Å². The van der Waals surface area contributed by atoms with Gasteiger partial charge in [0, 0.05) is 18.6 Å². The smallest absolute Gasteiger partial charge is 0.142 e. The van der Waals surface area contributed by atoms with Crippen molar-refractivity contribution in [1.29, 1.82) is 0 Å². The fourth-order valence-corrected chi connectivity index (χ4v) is 3.11. The number of ether oxygens (including phenoxy) is 1. The minimum Gasteiger partial charge on any atom is -0.490 e. The molecule has 0 aliphatic carbocycles. The lowest BCUT2D eigenvalue weighted by molar-refractivity contribution is 0.323. The van der Waals surface area contributed by atoms with Crippen molar-refractivity contribution >= 4 is 5.69 Å². The Morgan fingerprint density at radius 3 is 2.78 bits per heavy atom. The molecule has 3 heteroatoms. The molecule has 2 aromatic rings. The summed E-state index contributed by atoms with van der Waals surface area (Å²) < 4.78 is 5.65. The third-order valence-electron chi connectivity index (χ3n) is 4.48. The van der Waals surface area contributed by atoms with Crippen LogP contribution in [0.25, 0.3) is 0 Å². The molecule has 3 nitrogen and oxygen atoms in total. The lowest BCUT2D eigenvalue weighted by Gasteiger charge is -2.24. The molecule has 122 valence electrons. The van der Waals surface area contributed by atoms with Gasteiger partial charge in [0.15, 0.2) is 0 Å². The molecule has 2 atom stereocenters. The zero-order valence-corrected chi connectivity index (χ0v) is 14.0. The summed E-state index contributed by atoms with van der Waals surface area (Å²) in [6, 6.07) is 18.0. The molecular weight excluding hydrogens is 284 g/mol. The largest absolute Gasteiger partial charge is 0.490 e. The van der Waals surface area contributed by atoms with Crippen LogP contribution in [0.4, 0.5) is 5.69 Å². The van der Waals surface area contributed by atoms with E-state index in [0.717, 1.165) is 37.4 Å². The zero-order chi connectivity index (χ0) is 16.1. The monoisotopic (exact) mass is 310 g/mol. The van der Waals surface area contributed by atoms with Gasteiger partial charge in [0.1, 0.15) is 12.4 Å². The van der Waals surface area contributed by atoms with Crippen LogP contribution < -0.4 is 15.4 Å². The second-order valence-corrected chi connectivity index (χ2v) is 6.21. The molecule has 0 saturated carbocycles. The van der Waals surface area contributed by atoms with Gasteiger partial charge in [-0.05, 0) is 43.0 Å². The van der Waals surface area contributed by atoms with E-state index in [1.807, 2.05) is 0 Å². The van der Waals surface area contributed by atoms with Crippen molar-refractivity contribution in [3.8, 4) is 5.75 Å². The Hall–Kier alpha value is -2.00. The Morgan fingerprint density at radius 2 is 2.00 bits per heavy atom. The summed E-state index contributed by atoms with van der Waals surface area (Å²) in [6.07, 6.45) is 2.14. The molecule has 0 fully saturated rings. The lowest BCUT2D eigenvalue weighted by atomic mass is 10.0. The summed E-state index contributed by atoms with van der Waals surface area (Å²) in [4.78, 5) is 0. The van der Waals surface area contributed by atoms with Crippen LogP contribution >= 0.6 is 0 Å². The molecule has 0 bridgehead atoms. The van der Waals surface area contributed by atoms with Gasteiger partial charge in [0.05, 0.1) is 5.69 Å². The minimum atomic E-state index is 0.361. The van der Waals surface area contributed by atoms with Crippen molar-refractivity contribution < 1.29 is 4.74 Å². The zero-order valence-electron chi connectivity index (χ0n) is 14.0. The van der Waals surface area contributed by atoms with Gasteiger partial charge in [-0.2, -0.15) is 0 Å². The fraction of sp³-hybridized carbons (Fsp3) is 0.400. The summed E-state index contributed by atoms with van der Waals surface area (Å²) in [6.45, 7) is 6.12. The van der Waals surface area contributed by atoms with E-state index >= 15 is 0 Å². The van der Waals surface area contributed by atoms with Gasteiger partial charge >= 0.3 is 0 Å². The Balaban J connectivity index is 1.65. The van der Waals surface area contributed by atoms with Crippen LogP contribution in [-0.2, 0) is 6.42 Å². The maximum absolute atomic E-state index is 5.65. The molecule has 0 radical (unpaired) electrons. The highest BCUT2D eigenvalue weighted by Crippen LogP contribution is 2.28. The van der Waals surface area contributed by atoms with E-state index in [4.69, 9.17) is 4.74 Å². The predicted molar refractivity (Wildman–Crippen MR) is 96.2 cm³/mol. The topological polar surface area (TPSA) is 33.3 Å².